The number of sulfone groups is 1. The number of hydrogen-bond acceptors (Lipinski definition) is 7. The number of nitrogens with one attached hydrogen (secondary N) is 2. The van der Waals surface area contributed by atoms with Crippen LogP contribution in [0.2, 0.25) is 0 Å². The fraction of sp³-hybridized carbons (Fsp3) is 0.474. The number of anilines is 1. The van der Waals surface area contributed by atoms with Crippen molar-refractivity contribution in [1.29, 1.82) is 0 Å². The zero-order valence-corrected chi connectivity index (χ0v) is 18.7. The molecule has 0 spiro atoms. The summed E-state index contributed by atoms with van der Waals surface area (Å²) in [6, 6.07) is 4.94. The van der Waals surface area contributed by atoms with E-state index >= 15 is 0 Å². The average Bonchev–Trinajstić information content (AvgIpc) is 3.15. The van der Waals surface area contributed by atoms with Crippen molar-refractivity contribution in [2.75, 3.05) is 16.8 Å². The minimum atomic E-state index is -3.86. The summed E-state index contributed by atoms with van der Waals surface area (Å²) in [5.41, 5.74) is 1.39. The lowest BCUT2D eigenvalue weighted by Gasteiger charge is -2.12. The van der Waals surface area contributed by atoms with Crippen LogP contribution in [-0.4, -0.2) is 45.3 Å². The van der Waals surface area contributed by atoms with Gasteiger partial charge in [-0.3, -0.25) is 10.1 Å². The molecule has 8 nitrogen and oxygen atoms in total. The van der Waals surface area contributed by atoms with Crippen molar-refractivity contribution in [1.82, 2.24) is 9.71 Å². The van der Waals surface area contributed by atoms with Gasteiger partial charge < -0.3 is 0 Å². The molecule has 2 aliphatic rings. The standard InChI is InChI=1S/C19H23N3O5S3/c23-18(21-19-20-16-4-2-1-3-5-17(16)28-19)13-6-8-15(9-7-13)30(26,27)22-14-10-11-29(24,25)12-14/h6-9,14,22H,1-5,10-12H2,(H,20,21,23)/t14-/m0/s1. The molecule has 0 unspecified atom stereocenters. The van der Waals surface area contributed by atoms with Crippen LogP contribution in [0.5, 0.6) is 0 Å². The number of benzene rings is 1. The van der Waals surface area contributed by atoms with Crippen LogP contribution in [0.4, 0.5) is 5.13 Å². The number of hydrogen-bond donors (Lipinski definition) is 2. The Bertz CT molecular complexity index is 1130. The summed E-state index contributed by atoms with van der Waals surface area (Å²) in [5.74, 6) is -0.554. The Morgan fingerprint density at radius 2 is 1.83 bits per heavy atom. The van der Waals surface area contributed by atoms with Gasteiger partial charge in [0.1, 0.15) is 0 Å². The van der Waals surface area contributed by atoms with Crippen LogP contribution in [0.1, 0.15) is 46.6 Å². The molecular weight excluding hydrogens is 446 g/mol. The smallest absolute Gasteiger partial charge is 0.257 e. The Hall–Kier alpha value is -1.82. The second-order valence-electron chi connectivity index (χ2n) is 7.65. The van der Waals surface area contributed by atoms with Crippen LogP contribution in [0.25, 0.3) is 0 Å². The number of thiazole rings is 1. The van der Waals surface area contributed by atoms with E-state index in [2.05, 4.69) is 15.0 Å². The molecule has 0 saturated carbocycles. The maximum absolute atomic E-state index is 12.5. The summed E-state index contributed by atoms with van der Waals surface area (Å²) in [7, 11) is -7.04. The number of aryl methyl sites for hydroxylation is 2. The van der Waals surface area contributed by atoms with Gasteiger partial charge in [-0.05, 0) is 56.4 Å². The summed E-state index contributed by atoms with van der Waals surface area (Å²) in [6.45, 7) is 0. The van der Waals surface area contributed by atoms with Crippen molar-refractivity contribution in [3.8, 4) is 0 Å². The van der Waals surface area contributed by atoms with Gasteiger partial charge >= 0.3 is 0 Å². The molecule has 11 heteroatoms. The van der Waals surface area contributed by atoms with E-state index in [1.54, 1.807) is 0 Å². The SMILES string of the molecule is O=C(Nc1nc2c(s1)CCCCC2)c1ccc(S(=O)(=O)N[C@H]2CCS(=O)(=O)C2)cc1. The normalized spacial score (nSPS) is 21.0. The van der Waals surface area contributed by atoms with Gasteiger partial charge in [-0.2, -0.15) is 0 Å². The molecule has 1 fully saturated rings. The molecule has 0 bridgehead atoms. The minimum absolute atomic E-state index is 0.00990. The molecule has 2 heterocycles. The van der Waals surface area contributed by atoms with Gasteiger partial charge in [0.05, 0.1) is 22.1 Å². The van der Waals surface area contributed by atoms with Crippen LogP contribution in [0.3, 0.4) is 0 Å². The van der Waals surface area contributed by atoms with Crippen molar-refractivity contribution in [3.05, 3.63) is 40.4 Å². The van der Waals surface area contributed by atoms with Gasteiger partial charge in [0.15, 0.2) is 15.0 Å². The highest BCUT2D eigenvalue weighted by Gasteiger charge is 2.31. The lowest BCUT2D eigenvalue weighted by atomic mass is 10.2. The lowest BCUT2D eigenvalue weighted by molar-refractivity contribution is 0.102. The molecule has 2 aromatic rings. The van der Waals surface area contributed by atoms with Gasteiger partial charge in [-0.1, -0.05) is 6.42 Å². The van der Waals surface area contributed by atoms with E-state index in [1.165, 1.54) is 46.9 Å². The molecule has 1 aliphatic carbocycles. The Labute approximate surface area is 180 Å². The topological polar surface area (TPSA) is 122 Å². The van der Waals surface area contributed by atoms with Crippen molar-refractivity contribution >= 4 is 42.2 Å². The van der Waals surface area contributed by atoms with Crippen LogP contribution in [0, 0.1) is 0 Å². The summed E-state index contributed by atoms with van der Waals surface area (Å²) in [5, 5.41) is 3.36. The third-order valence-electron chi connectivity index (χ3n) is 5.30. The fourth-order valence-corrected chi connectivity index (χ4v) is 7.81. The minimum Gasteiger partial charge on any atom is -0.298 e. The number of fused-ring (bicyclic) bond motifs is 1. The summed E-state index contributed by atoms with van der Waals surface area (Å²) in [4.78, 5) is 18.3. The lowest BCUT2D eigenvalue weighted by Crippen LogP contribution is -2.35. The van der Waals surface area contributed by atoms with E-state index < -0.39 is 25.9 Å². The summed E-state index contributed by atoms with van der Waals surface area (Å²) < 4.78 is 50.5. The maximum Gasteiger partial charge on any atom is 0.257 e. The predicted octanol–water partition coefficient (Wildman–Crippen LogP) is 2.13. The van der Waals surface area contributed by atoms with Crippen LogP contribution in [-0.2, 0) is 32.7 Å². The average molecular weight is 470 g/mol. The zero-order valence-electron chi connectivity index (χ0n) is 16.3. The zero-order chi connectivity index (χ0) is 21.4. The molecule has 0 radical (unpaired) electrons. The van der Waals surface area contributed by atoms with E-state index in [-0.39, 0.29) is 28.7 Å². The highest BCUT2D eigenvalue weighted by Crippen LogP contribution is 2.29. The molecule has 30 heavy (non-hydrogen) atoms. The van der Waals surface area contributed by atoms with Gasteiger partial charge in [0.25, 0.3) is 5.91 Å². The first kappa shape index (κ1) is 21.4. The summed E-state index contributed by atoms with van der Waals surface area (Å²) in [6.07, 6.45) is 5.64. The molecule has 1 atom stereocenters. The van der Waals surface area contributed by atoms with E-state index in [0.29, 0.717) is 10.7 Å². The van der Waals surface area contributed by atoms with Crippen LogP contribution < -0.4 is 10.0 Å². The van der Waals surface area contributed by atoms with E-state index in [9.17, 15) is 21.6 Å². The van der Waals surface area contributed by atoms with Gasteiger partial charge in [-0.25, -0.2) is 26.5 Å². The molecule has 1 amide bonds. The number of nitrogens with zero attached hydrogens (tertiary/aromatic N) is 1. The fourth-order valence-electron chi connectivity index (χ4n) is 3.71. The van der Waals surface area contributed by atoms with Crippen molar-refractivity contribution < 1.29 is 21.6 Å². The van der Waals surface area contributed by atoms with Crippen molar-refractivity contribution in [3.63, 3.8) is 0 Å². The predicted molar refractivity (Wildman–Crippen MR) is 115 cm³/mol. The van der Waals surface area contributed by atoms with Gasteiger partial charge in [0, 0.05) is 16.5 Å². The number of amides is 1. The molecule has 4 rings (SSSR count). The monoisotopic (exact) mass is 469 g/mol. The third kappa shape index (κ3) is 4.90. The molecule has 1 aromatic heterocycles. The van der Waals surface area contributed by atoms with Crippen molar-refractivity contribution in [2.24, 2.45) is 0 Å². The first-order valence-electron chi connectivity index (χ1n) is 9.85. The second kappa shape index (κ2) is 8.37. The number of carbonyl (C=O) groups is 1. The summed E-state index contributed by atoms with van der Waals surface area (Å²) >= 11 is 1.50. The Morgan fingerprint density at radius 1 is 1.10 bits per heavy atom. The highest BCUT2D eigenvalue weighted by molar-refractivity contribution is 7.92. The first-order valence-corrected chi connectivity index (χ1v) is 14.0. The Morgan fingerprint density at radius 3 is 2.53 bits per heavy atom. The molecule has 2 N–H and O–H groups in total. The highest BCUT2D eigenvalue weighted by atomic mass is 32.2. The van der Waals surface area contributed by atoms with E-state index in [1.807, 2.05) is 0 Å². The van der Waals surface area contributed by atoms with Gasteiger partial charge in [-0.15, -0.1) is 11.3 Å². The van der Waals surface area contributed by atoms with E-state index in [0.717, 1.165) is 31.4 Å². The first-order chi connectivity index (χ1) is 14.2. The molecular formula is C19H23N3O5S3. The number of rotatable bonds is 5. The number of sulfonamides is 1. The van der Waals surface area contributed by atoms with E-state index in [4.69, 9.17) is 0 Å². The largest absolute Gasteiger partial charge is 0.298 e. The van der Waals surface area contributed by atoms with Crippen LogP contribution >= 0.6 is 11.3 Å². The quantitative estimate of drug-likeness (QED) is 0.647. The Balaban J connectivity index is 1.42. The molecule has 1 saturated heterocycles. The second-order valence-corrected chi connectivity index (χ2v) is 12.7. The van der Waals surface area contributed by atoms with Crippen LogP contribution in [0.15, 0.2) is 29.2 Å². The molecule has 162 valence electrons. The number of aromatic nitrogens is 1. The Kier molecular flexibility index (Phi) is 5.97. The van der Waals surface area contributed by atoms with Crippen molar-refractivity contribution in [2.45, 2.75) is 49.5 Å². The number of carbonyl (C=O) groups excluding carboxylic acids is 1. The maximum atomic E-state index is 12.5. The third-order valence-corrected chi connectivity index (χ3v) is 9.67. The molecule has 1 aromatic carbocycles. The van der Waals surface area contributed by atoms with Gasteiger partial charge in [0.2, 0.25) is 10.0 Å². The molecule has 1 aliphatic heterocycles.